The second-order valence-corrected chi connectivity index (χ2v) is 9.75. The molecule has 1 N–H and O–H groups in total. The van der Waals surface area contributed by atoms with E-state index in [-0.39, 0.29) is 23.4 Å². The molecular formula is C25H26N2O4S. The maximum Gasteiger partial charge on any atom is 0.258 e. The third-order valence-corrected chi connectivity index (χ3v) is 7.33. The summed E-state index contributed by atoms with van der Waals surface area (Å²) in [5, 5.41) is 0. The molecule has 1 heterocycles. The van der Waals surface area contributed by atoms with Crippen LogP contribution in [0, 0.1) is 6.92 Å². The molecule has 0 aromatic heterocycles. The Morgan fingerprint density at radius 2 is 1.81 bits per heavy atom. The predicted octanol–water partition coefficient (Wildman–Crippen LogP) is 4.07. The number of rotatable bonds is 6. The van der Waals surface area contributed by atoms with E-state index < -0.39 is 10.0 Å². The molecule has 0 bridgehead atoms. The van der Waals surface area contributed by atoms with Crippen molar-refractivity contribution >= 4 is 21.6 Å². The fourth-order valence-electron chi connectivity index (χ4n) is 4.06. The first kappa shape index (κ1) is 22.0. The number of hydrogen-bond acceptors (Lipinski definition) is 4. The highest BCUT2D eigenvalue weighted by Crippen LogP contribution is 2.34. The molecule has 0 saturated carbocycles. The number of sulfonamides is 1. The lowest BCUT2D eigenvalue weighted by Crippen LogP contribution is -2.35. The number of methoxy groups -OCH3 is 1. The number of aryl methyl sites for hydroxylation is 1. The molecule has 166 valence electrons. The second kappa shape index (κ2) is 8.76. The first-order chi connectivity index (χ1) is 15.3. The molecule has 0 aliphatic carbocycles. The molecule has 1 aliphatic rings. The molecule has 7 heteroatoms. The number of fused-ring (bicyclic) bond motifs is 1. The van der Waals surface area contributed by atoms with E-state index in [0.29, 0.717) is 16.9 Å². The fraction of sp³-hybridized carbons (Fsp3) is 0.240. The third kappa shape index (κ3) is 4.26. The van der Waals surface area contributed by atoms with Gasteiger partial charge < -0.3 is 9.64 Å². The van der Waals surface area contributed by atoms with Gasteiger partial charge in [0.2, 0.25) is 10.0 Å². The van der Waals surface area contributed by atoms with E-state index >= 15 is 0 Å². The smallest absolute Gasteiger partial charge is 0.258 e. The molecule has 4 rings (SSSR count). The van der Waals surface area contributed by atoms with Crippen LogP contribution in [-0.4, -0.2) is 27.5 Å². The summed E-state index contributed by atoms with van der Waals surface area (Å²) in [5.74, 6) is 0.608. The lowest BCUT2D eigenvalue weighted by Gasteiger charge is -2.23. The van der Waals surface area contributed by atoms with Gasteiger partial charge in [0.15, 0.2) is 0 Å². The molecule has 32 heavy (non-hydrogen) atoms. The van der Waals surface area contributed by atoms with Crippen LogP contribution in [0.15, 0.2) is 71.6 Å². The third-order valence-electron chi connectivity index (χ3n) is 5.77. The van der Waals surface area contributed by atoms with Crippen LogP contribution in [0.2, 0.25) is 0 Å². The van der Waals surface area contributed by atoms with E-state index in [1.807, 2.05) is 31.2 Å². The number of hydrogen-bond donors (Lipinski definition) is 1. The van der Waals surface area contributed by atoms with Gasteiger partial charge >= 0.3 is 0 Å². The molecular weight excluding hydrogens is 424 g/mol. The molecule has 1 amide bonds. The highest BCUT2D eigenvalue weighted by atomic mass is 32.2. The number of nitrogens with zero attached hydrogens (tertiary/aromatic N) is 1. The minimum Gasteiger partial charge on any atom is -0.497 e. The fourth-order valence-corrected chi connectivity index (χ4v) is 5.32. The molecule has 0 saturated heterocycles. The highest BCUT2D eigenvalue weighted by molar-refractivity contribution is 7.89. The van der Waals surface area contributed by atoms with Crippen molar-refractivity contribution in [2.75, 3.05) is 12.0 Å². The first-order valence-corrected chi connectivity index (χ1v) is 11.9. The Balaban J connectivity index is 1.56. The van der Waals surface area contributed by atoms with Crippen molar-refractivity contribution in [2.24, 2.45) is 0 Å². The molecule has 6 nitrogen and oxygen atoms in total. The van der Waals surface area contributed by atoms with E-state index in [1.165, 1.54) is 0 Å². The number of anilines is 1. The van der Waals surface area contributed by atoms with Crippen LogP contribution in [0.25, 0.3) is 0 Å². The topological polar surface area (TPSA) is 75.7 Å². The zero-order valence-corrected chi connectivity index (χ0v) is 19.1. The molecule has 3 aromatic carbocycles. The summed E-state index contributed by atoms with van der Waals surface area (Å²) in [6.45, 7) is 3.93. The second-order valence-electron chi connectivity index (χ2n) is 8.01. The zero-order valence-electron chi connectivity index (χ0n) is 18.3. The maximum atomic E-state index is 13.2. The molecule has 0 fully saturated rings. The molecule has 0 spiro atoms. The minimum absolute atomic E-state index is 0.0125. The van der Waals surface area contributed by atoms with Crippen molar-refractivity contribution in [3.63, 3.8) is 0 Å². The van der Waals surface area contributed by atoms with Gasteiger partial charge in [-0.15, -0.1) is 0 Å². The molecule has 0 radical (unpaired) electrons. The van der Waals surface area contributed by atoms with Crippen molar-refractivity contribution in [3.05, 3.63) is 89.0 Å². The molecule has 1 atom stereocenters. The Kier molecular flexibility index (Phi) is 6.04. The van der Waals surface area contributed by atoms with Gasteiger partial charge in [-0.25, -0.2) is 13.1 Å². The van der Waals surface area contributed by atoms with Gasteiger partial charge in [0.1, 0.15) is 5.75 Å². The number of carbonyl (C=O) groups is 1. The maximum absolute atomic E-state index is 13.2. The number of amides is 1. The lowest BCUT2D eigenvalue weighted by molar-refractivity contribution is 0.0981. The van der Waals surface area contributed by atoms with Gasteiger partial charge in [-0.1, -0.05) is 30.3 Å². The van der Waals surface area contributed by atoms with Crippen LogP contribution in [0.3, 0.4) is 0 Å². The van der Waals surface area contributed by atoms with Gasteiger partial charge in [-0.2, -0.15) is 0 Å². The van der Waals surface area contributed by atoms with E-state index in [0.717, 1.165) is 23.2 Å². The summed E-state index contributed by atoms with van der Waals surface area (Å²) in [6.07, 6.45) is 0.756. The van der Waals surface area contributed by atoms with Crippen LogP contribution in [-0.2, 0) is 23.0 Å². The van der Waals surface area contributed by atoms with Gasteiger partial charge in [0.25, 0.3) is 5.91 Å². The van der Waals surface area contributed by atoms with Crippen LogP contribution in [0.5, 0.6) is 5.75 Å². The van der Waals surface area contributed by atoms with Crippen molar-refractivity contribution in [2.45, 2.75) is 37.8 Å². The highest BCUT2D eigenvalue weighted by Gasteiger charge is 2.32. The number of carbonyl (C=O) groups excluding carboxylic acids is 1. The Bertz CT molecular complexity index is 1250. The largest absolute Gasteiger partial charge is 0.497 e. The molecule has 3 aromatic rings. The SMILES string of the molecule is COc1ccc(C(=O)N2c3cc(CNS(=O)(=O)c4ccccc4C)ccc3C[C@H]2C)cc1. The summed E-state index contributed by atoms with van der Waals surface area (Å²) < 4.78 is 33.3. The van der Waals surface area contributed by atoms with Gasteiger partial charge in [0.05, 0.1) is 12.0 Å². The monoisotopic (exact) mass is 450 g/mol. The van der Waals surface area contributed by atoms with Gasteiger partial charge in [0, 0.05) is 23.8 Å². The van der Waals surface area contributed by atoms with E-state index in [2.05, 4.69) is 4.72 Å². The average Bonchev–Trinajstić information content (AvgIpc) is 3.12. The van der Waals surface area contributed by atoms with Gasteiger partial charge in [-0.05, 0) is 73.4 Å². The molecule has 1 aliphatic heterocycles. The van der Waals surface area contributed by atoms with Crippen molar-refractivity contribution < 1.29 is 17.9 Å². The summed E-state index contributed by atoms with van der Waals surface area (Å²) in [5.41, 5.74) is 3.97. The van der Waals surface area contributed by atoms with Crippen LogP contribution < -0.4 is 14.4 Å². The average molecular weight is 451 g/mol. The predicted molar refractivity (Wildman–Crippen MR) is 125 cm³/mol. The summed E-state index contributed by atoms with van der Waals surface area (Å²) in [7, 11) is -2.05. The Labute approximate surface area is 188 Å². The van der Waals surface area contributed by atoms with E-state index in [9.17, 15) is 13.2 Å². The van der Waals surface area contributed by atoms with Crippen LogP contribution in [0.4, 0.5) is 5.69 Å². The quantitative estimate of drug-likeness (QED) is 0.614. The minimum atomic E-state index is -3.64. The Morgan fingerprint density at radius 1 is 1.09 bits per heavy atom. The molecule has 0 unspecified atom stereocenters. The van der Waals surface area contributed by atoms with E-state index in [1.54, 1.807) is 61.4 Å². The van der Waals surface area contributed by atoms with Crippen LogP contribution >= 0.6 is 0 Å². The van der Waals surface area contributed by atoms with Crippen molar-refractivity contribution in [1.29, 1.82) is 0 Å². The standard InChI is InChI=1S/C25H26N2O4S/c1-17-6-4-5-7-24(17)32(29,30)26-16-19-8-9-21-14-18(2)27(23(21)15-19)25(28)20-10-12-22(31-3)13-11-20/h4-13,15,18,26H,14,16H2,1-3H3/t18-/m1/s1. The summed E-state index contributed by atoms with van der Waals surface area (Å²) >= 11 is 0. The van der Waals surface area contributed by atoms with E-state index in [4.69, 9.17) is 4.74 Å². The Hall–Kier alpha value is -3.16. The van der Waals surface area contributed by atoms with Crippen molar-refractivity contribution in [1.82, 2.24) is 4.72 Å². The number of nitrogens with one attached hydrogen (secondary N) is 1. The number of benzene rings is 3. The first-order valence-electron chi connectivity index (χ1n) is 10.4. The van der Waals surface area contributed by atoms with Gasteiger partial charge in [-0.3, -0.25) is 4.79 Å². The zero-order chi connectivity index (χ0) is 22.9. The number of ether oxygens (including phenoxy) is 1. The summed E-state index contributed by atoms with van der Waals surface area (Å²) in [6, 6.07) is 19.7. The summed E-state index contributed by atoms with van der Waals surface area (Å²) in [4.78, 5) is 15.3. The van der Waals surface area contributed by atoms with Crippen molar-refractivity contribution in [3.8, 4) is 5.75 Å². The lowest BCUT2D eigenvalue weighted by atomic mass is 10.1. The van der Waals surface area contributed by atoms with Crippen LogP contribution in [0.1, 0.15) is 34.0 Å². The normalized spacial score (nSPS) is 15.5. The Morgan fingerprint density at radius 3 is 2.50 bits per heavy atom.